The highest BCUT2D eigenvalue weighted by molar-refractivity contribution is 5.95. The zero-order valence-corrected chi connectivity index (χ0v) is 13.0. The van der Waals surface area contributed by atoms with Crippen molar-refractivity contribution in [3.05, 3.63) is 28.6 Å². The molecule has 8 nitrogen and oxygen atoms in total. The van der Waals surface area contributed by atoms with E-state index in [0.29, 0.717) is 12.8 Å². The van der Waals surface area contributed by atoms with Gasteiger partial charge in [0.15, 0.2) is 5.52 Å². The van der Waals surface area contributed by atoms with Crippen molar-refractivity contribution in [3.8, 4) is 5.75 Å². The van der Waals surface area contributed by atoms with Crippen LogP contribution in [0, 0.1) is 16.0 Å². The number of fused-ring (bicyclic) bond motifs is 1. The molecular weight excluding hydrogens is 340 g/mol. The Kier molecular flexibility index (Phi) is 4.27. The number of hydrogen-bond acceptors (Lipinski definition) is 5. The fraction of sp³-hybridized carbons (Fsp3) is 0.467. The van der Waals surface area contributed by atoms with E-state index in [-0.39, 0.29) is 47.8 Å². The minimum atomic E-state index is -2.64. The number of hydrogen-bond donors (Lipinski definition) is 1. The molecule has 0 unspecified atom stereocenters. The number of ether oxygens (including phenoxy) is 1. The molecule has 3 rings (SSSR count). The van der Waals surface area contributed by atoms with Gasteiger partial charge in [0.1, 0.15) is 17.6 Å². The van der Waals surface area contributed by atoms with Crippen molar-refractivity contribution in [1.29, 1.82) is 0 Å². The summed E-state index contributed by atoms with van der Waals surface area (Å²) in [5, 5.41) is 20.3. The first-order chi connectivity index (χ1) is 11.8. The molecule has 1 heterocycles. The number of nitro groups is 1. The molecule has 1 saturated carbocycles. The topological polar surface area (TPSA) is 107 Å². The minimum Gasteiger partial charge on any atom is -0.491 e. The normalized spacial score (nSPS) is 17.5. The van der Waals surface area contributed by atoms with Crippen LogP contribution in [0.25, 0.3) is 11.0 Å². The minimum absolute atomic E-state index is 0.0251. The van der Waals surface area contributed by atoms with E-state index >= 15 is 0 Å². The molecule has 2 aromatic rings. The number of alkyl halides is 2. The molecule has 1 aliphatic rings. The van der Waals surface area contributed by atoms with E-state index in [2.05, 4.69) is 4.98 Å². The average Bonchev–Trinajstić information content (AvgIpc) is 2.98. The largest absolute Gasteiger partial charge is 0.491 e. The number of aromatic nitrogens is 2. The molecule has 0 atom stereocenters. The molecule has 0 radical (unpaired) electrons. The predicted octanol–water partition coefficient (Wildman–Crippen LogP) is 3.67. The Labute approximate surface area is 140 Å². The van der Waals surface area contributed by atoms with Gasteiger partial charge in [0, 0.05) is 18.9 Å². The molecule has 134 valence electrons. The van der Waals surface area contributed by atoms with Crippen molar-refractivity contribution >= 4 is 22.8 Å². The molecule has 0 bridgehead atoms. The molecule has 0 spiro atoms. The van der Waals surface area contributed by atoms with E-state index in [1.807, 2.05) is 0 Å². The van der Waals surface area contributed by atoms with Crippen molar-refractivity contribution in [3.63, 3.8) is 0 Å². The zero-order valence-electron chi connectivity index (χ0n) is 13.0. The van der Waals surface area contributed by atoms with Crippen LogP contribution in [0.2, 0.25) is 0 Å². The molecule has 10 heteroatoms. The van der Waals surface area contributed by atoms with E-state index in [1.54, 1.807) is 0 Å². The number of imidazole rings is 1. The molecule has 0 saturated heterocycles. The maximum absolute atomic E-state index is 13.2. The van der Waals surface area contributed by atoms with Gasteiger partial charge < -0.3 is 9.84 Å². The molecular formula is C15H15F2N3O5. The van der Waals surface area contributed by atoms with Crippen LogP contribution in [-0.4, -0.2) is 38.2 Å². The van der Waals surface area contributed by atoms with Gasteiger partial charge in [-0.2, -0.15) is 0 Å². The van der Waals surface area contributed by atoms with Crippen LogP contribution in [-0.2, 0) is 0 Å². The number of carboxylic acid groups (broad SMARTS) is 1. The van der Waals surface area contributed by atoms with Crippen LogP contribution in [0.4, 0.5) is 19.3 Å². The van der Waals surface area contributed by atoms with Crippen molar-refractivity contribution in [2.24, 2.45) is 5.92 Å². The molecule has 1 N–H and O–H groups in total. The summed E-state index contributed by atoms with van der Waals surface area (Å²) in [5.74, 6) is -2.59. The molecule has 0 amide bonds. The zero-order chi connectivity index (χ0) is 18.2. The van der Waals surface area contributed by atoms with E-state index in [0.717, 1.165) is 10.9 Å². The molecule has 25 heavy (non-hydrogen) atoms. The lowest BCUT2D eigenvalue weighted by molar-refractivity contribution is -0.383. The number of carbonyl (C=O) groups is 1. The van der Waals surface area contributed by atoms with Crippen LogP contribution >= 0.6 is 0 Å². The van der Waals surface area contributed by atoms with Gasteiger partial charge in [-0.1, -0.05) is 0 Å². The number of rotatable bonds is 4. The van der Waals surface area contributed by atoms with E-state index in [4.69, 9.17) is 4.74 Å². The molecule has 1 aliphatic carbocycles. The average molecular weight is 355 g/mol. The summed E-state index contributed by atoms with van der Waals surface area (Å²) in [7, 11) is 0. The van der Waals surface area contributed by atoms with Gasteiger partial charge in [0.05, 0.1) is 11.5 Å². The highest BCUT2D eigenvalue weighted by Crippen LogP contribution is 2.37. The summed E-state index contributed by atoms with van der Waals surface area (Å²) in [6, 6.07) is 2.49. The summed E-state index contributed by atoms with van der Waals surface area (Å²) in [5.41, 5.74) is -0.456. The van der Waals surface area contributed by atoms with Gasteiger partial charge in [-0.25, -0.2) is 23.1 Å². The quantitative estimate of drug-likeness (QED) is 0.662. The van der Waals surface area contributed by atoms with E-state index < -0.39 is 16.9 Å². The van der Waals surface area contributed by atoms with Crippen LogP contribution in [0.5, 0.6) is 5.75 Å². The lowest BCUT2D eigenvalue weighted by atomic mass is 9.87. The lowest BCUT2D eigenvalue weighted by Crippen LogP contribution is -2.27. The fourth-order valence-electron chi connectivity index (χ4n) is 2.97. The Hall–Kier alpha value is -2.78. The third-order valence-corrected chi connectivity index (χ3v) is 4.35. The molecule has 1 aromatic carbocycles. The fourth-order valence-corrected chi connectivity index (χ4v) is 2.97. The second-order valence-corrected chi connectivity index (χ2v) is 6.04. The van der Waals surface area contributed by atoms with Gasteiger partial charge in [-0.05, 0) is 24.8 Å². The smallest absolute Gasteiger partial charge is 0.417 e. The Bertz CT molecular complexity index is 826. The van der Waals surface area contributed by atoms with Crippen molar-refractivity contribution in [2.45, 2.75) is 31.6 Å². The van der Waals surface area contributed by atoms with Gasteiger partial charge in [0.2, 0.25) is 5.92 Å². The van der Waals surface area contributed by atoms with Crippen molar-refractivity contribution in [1.82, 2.24) is 9.55 Å². The number of benzene rings is 1. The second kappa shape index (κ2) is 6.26. The van der Waals surface area contributed by atoms with Gasteiger partial charge in [-0.15, -0.1) is 0 Å². The summed E-state index contributed by atoms with van der Waals surface area (Å²) >= 11 is 0. The summed E-state index contributed by atoms with van der Waals surface area (Å²) < 4.78 is 32.7. The van der Waals surface area contributed by atoms with Crippen LogP contribution < -0.4 is 4.74 Å². The third kappa shape index (κ3) is 3.37. The first-order valence-electron chi connectivity index (χ1n) is 7.67. The van der Waals surface area contributed by atoms with Gasteiger partial charge in [-0.3, -0.25) is 10.1 Å². The Morgan fingerprint density at radius 1 is 1.44 bits per heavy atom. The van der Waals surface area contributed by atoms with Crippen molar-refractivity contribution < 1.29 is 28.3 Å². The Morgan fingerprint density at radius 2 is 2.12 bits per heavy atom. The molecule has 1 aromatic heterocycles. The number of halogens is 2. The maximum atomic E-state index is 13.2. The predicted molar refractivity (Wildman–Crippen MR) is 82.2 cm³/mol. The Morgan fingerprint density at radius 3 is 2.72 bits per heavy atom. The summed E-state index contributed by atoms with van der Waals surface area (Å²) in [6.45, 7) is 0.133. The highest BCUT2D eigenvalue weighted by Gasteiger charge is 2.35. The number of nitrogens with zero attached hydrogens (tertiary/aromatic N) is 3. The van der Waals surface area contributed by atoms with E-state index in [1.165, 1.54) is 12.1 Å². The maximum Gasteiger partial charge on any atom is 0.417 e. The highest BCUT2D eigenvalue weighted by atomic mass is 19.3. The van der Waals surface area contributed by atoms with Crippen molar-refractivity contribution in [2.75, 3.05) is 6.61 Å². The summed E-state index contributed by atoms with van der Waals surface area (Å²) in [6.07, 6.45) is -0.186. The van der Waals surface area contributed by atoms with Crippen LogP contribution in [0.3, 0.4) is 0 Å². The van der Waals surface area contributed by atoms with Crippen LogP contribution in [0.15, 0.2) is 18.5 Å². The SMILES string of the molecule is O=C(O)n1cnc2c([N+](=O)[O-])ccc(OCC3CCC(F)(F)CC3)c21. The first-order valence-corrected chi connectivity index (χ1v) is 7.67. The molecule has 0 aliphatic heterocycles. The first kappa shape index (κ1) is 17.1. The third-order valence-electron chi connectivity index (χ3n) is 4.35. The number of nitro benzene ring substituents is 1. The monoisotopic (exact) mass is 355 g/mol. The van der Waals surface area contributed by atoms with Crippen LogP contribution in [0.1, 0.15) is 25.7 Å². The lowest BCUT2D eigenvalue weighted by Gasteiger charge is -2.28. The number of non-ortho nitro benzene ring substituents is 1. The molecule has 1 fully saturated rings. The Balaban J connectivity index is 1.86. The van der Waals surface area contributed by atoms with E-state index in [9.17, 15) is 28.8 Å². The van der Waals surface area contributed by atoms with Gasteiger partial charge >= 0.3 is 6.09 Å². The second-order valence-electron chi connectivity index (χ2n) is 6.04. The van der Waals surface area contributed by atoms with Gasteiger partial charge in [0.25, 0.3) is 5.69 Å². The standard InChI is InChI=1S/C15H15F2N3O5/c16-15(17)5-3-9(4-6-15)7-25-11-2-1-10(20(23)24)12-13(11)19(8-18-12)14(21)22/h1-2,8-9H,3-7H2,(H,21,22). The summed E-state index contributed by atoms with van der Waals surface area (Å²) in [4.78, 5) is 25.5.